The molecule has 0 aromatic rings. The number of aliphatic hydroxyl groups is 2. The molecule has 0 aliphatic carbocycles. The Bertz CT molecular complexity index is 22.3. The summed E-state index contributed by atoms with van der Waals surface area (Å²) in [5, 5.41) is 15.2. The van der Waals surface area contributed by atoms with Crippen LogP contribution in [0.1, 0.15) is 0 Å². The van der Waals surface area contributed by atoms with Crippen LogP contribution in [0.2, 0.25) is 0 Å². The predicted molar refractivity (Wildman–Crippen MR) is 38.4 cm³/mol. The van der Waals surface area contributed by atoms with Crippen molar-refractivity contribution in [3.05, 3.63) is 13.2 Å². The zero-order valence-electron chi connectivity index (χ0n) is 6.13. The molecule has 0 atom stereocenters. The third-order valence-electron chi connectivity index (χ3n) is 0.1000. The Morgan fingerprint density at radius 1 is 1.11 bits per heavy atom. The molecule has 0 rings (SSSR count). The van der Waals surface area contributed by atoms with Gasteiger partial charge in [0.25, 0.3) is 0 Å². The van der Waals surface area contributed by atoms with Crippen molar-refractivity contribution in [2.75, 3.05) is 27.4 Å². The molecule has 0 radical (unpaired) electrons. The Morgan fingerprint density at radius 2 is 1.22 bits per heavy atom. The molecule has 0 aromatic carbocycles. The minimum Gasteiger partial charge on any atom is -0.394 e. The molecule has 58 valence electrons. The Labute approximate surface area is 56.6 Å². The molecular weight excluding hydrogens is 120 g/mol. The SMILES string of the molecule is C=C.COC.OCCO. The fraction of sp³-hybridized carbons (Fsp3) is 0.667. The smallest absolute Gasteiger partial charge is 0.0662 e. The van der Waals surface area contributed by atoms with Crippen molar-refractivity contribution in [2.45, 2.75) is 0 Å². The van der Waals surface area contributed by atoms with E-state index >= 15 is 0 Å². The molecule has 0 aliphatic rings. The van der Waals surface area contributed by atoms with Gasteiger partial charge in [-0.25, -0.2) is 0 Å². The molecule has 0 bridgehead atoms. The van der Waals surface area contributed by atoms with E-state index in [1.165, 1.54) is 0 Å². The molecule has 0 saturated heterocycles. The summed E-state index contributed by atoms with van der Waals surface area (Å²) in [6.45, 7) is 5.75. The molecule has 3 nitrogen and oxygen atoms in total. The van der Waals surface area contributed by atoms with Crippen LogP contribution in [0, 0.1) is 0 Å². The lowest BCUT2D eigenvalue weighted by Gasteiger charge is -1.70. The van der Waals surface area contributed by atoms with Crippen LogP contribution in [-0.2, 0) is 4.74 Å². The van der Waals surface area contributed by atoms with Crippen LogP contribution in [-0.4, -0.2) is 37.6 Å². The van der Waals surface area contributed by atoms with Crippen molar-refractivity contribution in [2.24, 2.45) is 0 Å². The van der Waals surface area contributed by atoms with E-state index in [0.717, 1.165) is 0 Å². The third kappa shape index (κ3) is 626. The Kier molecular flexibility index (Phi) is 85.7. The number of ether oxygens (including phenoxy) is 1. The first kappa shape index (κ1) is 15.8. The first-order chi connectivity index (χ1) is 4.33. The molecule has 9 heavy (non-hydrogen) atoms. The third-order valence-corrected chi connectivity index (χ3v) is 0.1000. The number of hydrogen-bond donors (Lipinski definition) is 2. The summed E-state index contributed by atoms with van der Waals surface area (Å²) in [6, 6.07) is 0. The van der Waals surface area contributed by atoms with Crippen molar-refractivity contribution in [3.63, 3.8) is 0 Å². The van der Waals surface area contributed by atoms with Gasteiger partial charge in [-0.05, 0) is 0 Å². The number of methoxy groups -OCH3 is 1. The number of rotatable bonds is 1. The first-order valence-corrected chi connectivity index (χ1v) is 2.45. The van der Waals surface area contributed by atoms with Crippen molar-refractivity contribution < 1.29 is 14.9 Å². The van der Waals surface area contributed by atoms with Crippen LogP contribution in [0.3, 0.4) is 0 Å². The fourth-order valence-electron chi connectivity index (χ4n) is 0. The van der Waals surface area contributed by atoms with Gasteiger partial charge in [0.15, 0.2) is 0 Å². The van der Waals surface area contributed by atoms with Crippen molar-refractivity contribution in [1.82, 2.24) is 0 Å². The van der Waals surface area contributed by atoms with Gasteiger partial charge in [0.1, 0.15) is 0 Å². The van der Waals surface area contributed by atoms with E-state index < -0.39 is 0 Å². The molecule has 0 spiro atoms. The molecular formula is C6H16O3. The molecule has 0 aromatic heterocycles. The van der Waals surface area contributed by atoms with Gasteiger partial charge < -0.3 is 14.9 Å². The molecule has 0 heterocycles. The molecule has 0 amide bonds. The minimum atomic E-state index is -0.125. The lowest BCUT2D eigenvalue weighted by Crippen LogP contribution is -1.85. The Hall–Kier alpha value is -0.380. The maximum atomic E-state index is 7.62. The van der Waals surface area contributed by atoms with Gasteiger partial charge in [-0.3, -0.25) is 0 Å². The zero-order valence-corrected chi connectivity index (χ0v) is 6.13. The van der Waals surface area contributed by atoms with E-state index in [1.807, 2.05) is 0 Å². The van der Waals surface area contributed by atoms with E-state index in [9.17, 15) is 0 Å². The van der Waals surface area contributed by atoms with Crippen LogP contribution in [0.25, 0.3) is 0 Å². The summed E-state index contributed by atoms with van der Waals surface area (Å²) in [5.74, 6) is 0. The second kappa shape index (κ2) is 48.6. The zero-order chi connectivity index (χ0) is 8.12. The molecule has 3 heteroatoms. The summed E-state index contributed by atoms with van der Waals surface area (Å²) in [4.78, 5) is 0. The van der Waals surface area contributed by atoms with E-state index in [4.69, 9.17) is 10.2 Å². The van der Waals surface area contributed by atoms with Gasteiger partial charge in [0, 0.05) is 14.2 Å². The van der Waals surface area contributed by atoms with Crippen LogP contribution in [0.15, 0.2) is 13.2 Å². The van der Waals surface area contributed by atoms with Crippen molar-refractivity contribution in [3.8, 4) is 0 Å². The lowest BCUT2D eigenvalue weighted by molar-refractivity contribution is 0.186. The summed E-state index contributed by atoms with van der Waals surface area (Å²) in [5.41, 5.74) is 0. The van der Waals surface area contributed by atoms with Gasteiger partial charge in [-0.2, -0.15) is 0 Å². The maximum Gasteiger partial charge on any atom is 0.0662 e. The highest BCUT2D eigenvalue weighted by Gasteiger charge is 1.58. The van der Waals surface area contributed by atoms with Gasteiger partial charge in [0.2, 0.25) is 0 Å². The van der Waals surface area contributed by atoms with Crippen LogP contribution in [0.5, 0.6) is 0 Å². The van der Waals surface area contributed by atoms with E-state index in [0.29, 0.717) is 0 Å². The van der Waals surface area contributed by atoms with Crippen LogP contribution >= 0.6 is 0 Å². The van der Waals surface area contributed by atoms with E-state index in [2.05, 4.69) is 17.9 Å². The molecule has 0 aliphatic heterocycles. The highest BCUT2D eigenvalue weighted by molar-refractivity contribution is 4.22. The summed E-state index contributed by atoms with van der Waals surface area (Å²) in [6.07, 6.45) is 0. The Morgan fingerprint density at radius 3 is 1.22 bits per heavy atom. The first-order valence-electron chi connectivity index (χ1n) is 2.45. The largest absolute Gasteiger partial charge is 0.394 e. The quantitative estimate of drug-likeness (QED) is 0.500. The van der Waals surface area contributed by atoms with E-state index in [-0.39, 0.29) is 13.2 Å². The molecule has 0 fully saturated rings. The molecule has 0 saturated carbocycles. The van der Waals surface area contributed by atoms with Gasteiger partial charge in [-0.15, -0.1) is 13.2 Å². The number of aliphatic hydroxyl groups excluding tert-OH is 2. The number of hydrogen-bond acceptors (Lipinski definition) is 3. The summed E-state index contributed by atoms with van der Waals surface area (Å²) >= 11 is 0. The van der Waals surface area contributed by atoms with Crippen molar-refractivity contribution >= 4 is 0 Å². The highest BCUT2D eigenvalue weighted by Crippen LogP contribution is 1.39. The maximum absolute atomic E-state index is 7.62. The second-order valence-electron chi connectivity index (χ2n) is 0.855. The Balaban J connectivity index is -0.0000000646. The van der Waals surface area contributed by atoms with E-state index in [1.54, 1.807) is 14.2 Å². The average Bonchev–Trinajstić information content (AvgIpc) is 1.94. The second-order valence-corrected chi connectivity index (χ2v) is 0.855. The van der Waals surface area contributed by atoms with Crippen molar-refractivity contribution in [1.29, 1.82) is 0 Å². The van der Waals surface area contributed by atoms with Crippen LogP contribution < -0.4 is 0 Å². The van der Waals surface area contributed by atoms with Gasteiger partial charge >= 0.3 is 0 Å². The molecule has 0 unspecified atom stereocenters. The van der Waals surface area contributed by atoms with Crippen LogP contribution in [0.4, 0.5) is 0 Å². The topological polar surface area (TPSA) is 49.7 Å². The monoisotopic (exact) mass is 136 g/mol. The summed E-state index contributed by atoms with van der Waals surface area (Å²) < 4.78 is 4.25. The average molecular weight is 136 g/mol. The summed E-state index contributed by atoms with van der Waals surface area (Å²) in [7, 11) is 3.25. The molecule has 2 N–H and O–H groups in total. The lowest BCUT2D eigenvalue weighted by atomic mass is 10.8. The fourth-order valence-corrected chi connectivity index (χ4v) is 0. The normalized spacial score (nSPS) is 5.78. The van der Waals surface area contributed by atoms with Gasteiger partial charge in [-0.1, -0.05) is 0 Å². The standard InChI is InChI=1S/C2H6O2.C2H6O.C2H4/c3-1-2-4;1-3-2;1-2/h3-4H,1-2H2;1-2H3;1-2H2. The van der Waals surface area contributed by atoms with Gasteiger partial charge in [0.05, 0.1) is 13.2 Å². The minimum absolute atomic E-state index is 0.125. The predicted octanol–water partition coefficient (Wildman–Crippen LogP) is 0.0358. The highest BCUT2D eigenvalue weighted by atomic mass is 16.4.